The van der Waals surface area contributed by atoms with Crippen LogP contribution < -0.4 is 4.74 Å². The maximum Gasteiger partial charge on any atom is 0.573 e. The van der Waals surface area contributed by atoms with Crippen molar-refractivity contribution < 1.29 is 27.8 Å². The van der Waals surface area contributed by atoms with E-state index < -0.39 is 23.8 Å². The molecule has 108 valence electrons. The zero-order chi connectivity index (χ0) is 14.7. The summed E-state index contributed by atoms with van der Waals surface area (Å²) in [5.41, 5.74) is -0.560. The van der Waals surface area contributed by atoms with Crippen LogP contribution in [0.4, 0.5) is 13.2 Å². The van der Waals surface area contributed by atoms with Crippen molar-refractivity contribution in [1.29, 1.82) is 0 Å². The van der Waals surface area contributed by atoms with E-state index in [1.807, 2.05) is 0 Å². The molecule has 0 spiro atoms. The molecule has 1 N–H and O–H groups in total. The number of ether oxygens (including phenoxy) is 2. The molecular weight excluding hydrogens is 261 g/mol. The number of methoxy groups -OCH3 is 1. The zero-order valence-electron chi connectivity index (χ0n) is 11.0. The highest BCUT2D eigenvalue weighted by atomic mass is 19.4. The second-order valence-electron chi connectivity index (χ2n) is 4.77. The molecule has 0 saturated carbocycles. The third-order valence-corrected chi connectivity index (χ3v) is 2.74. The highest BCUT2D eigenvalue weighted by Gasteiger charge is 2.33. The molecule has 1 aromatic carbocycles. The van der Waals surface area contributed by atoms with Crippen LogP contribution in [0.1, 0.15) is 31.9 Å². The number of para-hydroxylation sites is 1. The van der Waals surface area contributed by atoms with Crippen molar-refractivity contribution in [2.75, 3.05) is 7.11 Å². The number of hydrogen-bond acceptors (Lipinski definition) is 3. The Balaban J connectivity index is 2.94. The van der Waals surface area contributed by atoms with Gasteiger partial charge in [0.2, 0.25) is 0 Å². The Labute approximate surface area is 110 Å². The van der Waals surface area contributed by atoms with Gasteiger partial charge in [0.05, 0.1) is 11.7 Å². The fraction of sp³-hybridized carbons (Fsp3) is 0.538. The quantitative estimate of drug-likeness (QED) is 0.896. The molecule has 1 unspecified atom stereocenters. The van der Waals surface area contributed by atoms with Gasteiger partial charge in [-0.1, -0.05) is 18.2 Å². The Kier molecular flexibility index (Phi) is 4.81. The average Bonchev–Trinajstić information content (AvgIpc) is 2.27. The largest absolute Gasteiger partial charge is 0.573 e. The van der Waals surface area contributed by atoms with Crippen LogP contribution in [0.15, 0.2) is 24.3 Å². The van der Waals surface area contributed by atoms with Crippen molar-refractivity contribution in [3.8, 4) is 5.75 Å². The maximum atomic E-state index is 12.3. The predicted octanol–water partition coefficient (Wildman–Crippen LogP) is 3.43. The number of halogens is 3. The summed E-state index contributed by atoms with van der Waals surface area (Å²) in [6, 6.07) is 5.53. The summed E-state index contributed by atoms with van der Waals surface area (Å²) >= 11 is 0. The molecule has 19 heavy (non-hydrogen) atoms. The number of rotatable bonds is 5. The fourth-order valence-electron chi connectivity index (χ4n) is 1.63. The smallest absolute Gasteiger partial charge is 0.405 e. The lowest BCUT2D eigenvalue weighted by Crippen LogP contribution is -2.26. The van der Waals surface area contributed by atoms with Crippen molar-refractivity contribution in [3.05, 3.63) is 29.8 Å². The summed E-state index contributed by atoms with van der Waals surface area (Å²) in [5.74, 6) is -0.394. The van der Waals surface area contributed by atoms with E-state index in [1.54, 1.807) is 19.9 Å². The SMILES string of the molecule is COC(C)(C)CC(O)c1ccccc1OC(F)(F)F. The second-order valence-corrected chi connectivity index (χ2v) is 4.77. The van der Waals surface area contributed by atoms with E-state index in [2.05, 4.69) is 4.74 Å². The minimum absolute atomic E-state index is 0.0879. The molecule has 0 aliphatic rings. The summed E-state index contributed by atoms with van der Waals surface area (Å²) in [7, 11) is 1.48. The van der Waals surface area contributed by atoms with Crippen LogP contribution in [0.5, 0.6) is 5.75 Å². The van der Waals surface area contributed by atoms with Gasteiger partial charge in [-0.05, 0) is 19.9 Å². The maximum absolute atomic E-state index is 12.3. The van der Waals surface area contributed by atoms with E-state index in [0.29, 0.717) is 0 Å². The Morgan fingerprint density at radius 3 is 2.32 bits per heavy atom. The first-order chi connectivity index (χ1) is 8.64. The first kappa shape index (κ1) is 15.8. The van der Waals surface area contributed by atoms with Crippen molar-refractivity contribution in [3.63, 3.8) is 0 Å². The number of aliphatic hydroxyl groups is 1. The molecule has 1 atom stereocenters. The van der Waals surface area contributed by atoms with Crippen LogP contribution in [-0.4, -0.2) is 24.2 Å². The molecule has 0 radical (unpaired) electrons. The monoisotopic (exact) mass is 278 g/mol. The highest BCUT2D eigenvalue weighted by Crippen LogP contribution is 2.34. The third-order valence-electron chi connectivity index (χ3n) is 2.74. The molecule has 1 rings (SSSR count). The van der Waals surface area contributed by atoms with Crippen LogP contribution in [0.25, 0.3) is 0 Å². The first-order valence-corrected chi connectivity index (χ1v) is 5.72. The van der Waals surface area contributed by atoms with Gasteiger partial charge in [0, 0.05) is 19.1 Å². The van der Waals surface area contributed by atoms with E-state index in [0.717, 1.165) is 0 Å². The Bertz CT molecular complexity index is 416. The highest BCUT2D eigenvalue weighted by molar-refractivity contribution is 5.35. The van der Waals surface area contributed by atoms with Crippen LogP contribution in [0.3, 0.4) is 0 Å². The summed E-state index contributed by atoms with van der Waals surface area (Å²) in [6.07, 6.45) is -5.73. The summed E-state index contributed by atoms with van der Waals surface area (Å²) in [5, 5.41) is 10.0. The minimum atomic E-state index is -4.79. The predicted molar refractivity (Wildman–Crippen MR) is 63.8 cm³/mol. The lowest BCUT2D eigenvalue weighted by atomic mass is 9.95. The van der Waals surface area contributed by atoms with Gasteiger partial charge in [-0.15, -0.1) is 13.2 Å². The van der Waals surface area contributed by atoms with Gasteiger partial charge in [-0.2, -0.15) is 0 Å². The Morgan fingerprint density at radius 2 is 1.79 bits per heavy atom. The molecule has 0 aromatic heterocycles. The summed E-state index contributed by atoms with van der Waals surface area (Å²) in [4.78, 5) is 0. The minimum Gasteiger partial charge on any atom is -0.405 e. The van der Waals surface area contributed by atoms with E-state index in [-0.39, 0.29) is 12.0 Å². The molecule has 0 saturated heterocycles. The van der Waals surface area contributed by atoms with E-state index in [1.165, 1.54) is 25.3 Å². The fourth-order valence-corrected chi connectivity index (χ4v) is 1.63. The van der Waals surface area contributed by atoms with E-state index in [4.69, 9.17) is 4.74 Å². The molecule has 0 heterocycles. The summed E-state index contributed by atoms with van der Waals surface area (Å²) < 4.78 is 45.8. The van der Waals surface area contributed by atoms with Crippen molar-refractivity contribution in [2.45, 2.75) is 38.3 Å². The normalized spacial score (nSPS) is 14.3. The van der Waals surface area contributed by atoms with Gasteiger partial charge in [0.15, 0.2) is 0 Å². The van der Waals surface area contributed by atoms with Crippen molar-refractivity contribution in [2.24, 2.45) is 0 Å². The molecule has 0 aliphatic heterocycles. The third kappa shape index (κ3) is 5.08. The molecule has 0 amide bonds. The van der Waals surface area contributed by atoms with E-state index >= 15 is 0 Å². The number of aliphatic hydroxyl groups excluding tert-OH is 1. The summed E-state index contributed by atoms with van der Waals surface area (Å²) in [6.45, 7) is 3.48. The molecule has 0 aliphatic carbocycles. The van der Waals surface area contributed by atoms with Gasteiger partial charge in [-0.3, -0.25) is 0 Å². The van der Waals surface area contributed by atoms with Crippen LogP contribution >= 0.6 is 0 Å². The lowest BCUT2D eigenvalue weighted by Gasteiger charge is -2.26. The van der Waals surface area contributed by atoms with Gasteiger partial charge in [-0.25, -0.2) is 0 Å². The number of alkyl halides is 3. The van der Waals surface area contributed by atoms with E-state index in [9.17, 15) is 18.3 Å². The molecular formula is C13H17F3O3. The average molecular weight is 278 g/mol. The molecule has 1 aromatic rings. The van der Waals surface area contributed by atoms with Crippen LogP contribution in [0.2, 0.25) is 0 Å². The van der Waals surface area contributed by atoms with Crippen LogP contribution in [-0.2, 0) is 4.74 Å². The number of hydrogen-bond donors (Lipinski definition) is 1. The Morgan fingerprint density at radius 1 is 1.21 bits per heavy atom. The van der Waals surface area contributed by atoms with Gasteiger partial charge < -0.3 is 14.6 Å². The topological polar surface area (TPSA) is 38.7 Å². The van der Waals surface area contributed by atoms with Gasteiger partial charge in [0.25, 0.3) is 0 Å². The molecule has 0 fully saturated rings. The van der Waals surface area contributed by atoms with Gasteiger partial charge >= 0.3 is 6.36 Å². The standard InChI is InChI=1S/C13H17F3O3/c1-12(2,18-3)8-10(17)9-6-4-5-7-11(9)19-13(14,15)16/h4-7,10,17H,8H2,1-3H3. The second kappa shape index (κ2) is 5.79. The zero-order valence-corrected chi connectivity index (χ0v) is 11.0. The molecule has 6 heteroatoms. The van der Waals surface area contributed by atoms with Crippen molar-refractivity contribution in [1.82, 2.24) is 0 Å². The first-order valence-electron chi connectivity index (χ1n) is 5.72. The Hall–Kier alpha value is -1.27. The van der Waals surface area contributed by atoms with Gasteiger partial charge in [0.1, 0.15) is 5.75 Å². The van der Waals surface area contributed by atoms with Crippen LogP contribution in [0, 0.1) is 0 Å². The lowest BCUT2D eigenvalue weighted by molar-refractivity contribution is -0.275. The molecule has 3 nitrogen and oxygen atoms in total. The van der Waals surface area contributed by atoms with Crippen molar-refractivity contribution >= 4 is 0 Å². The molecule has 0 bridgehead atoms. The number of benzene rings is 1.